The number of aliphatic hydroxyl groups is 1. The lowest BCUT2D eigenvalue weighted by Crippen LogP contribution is -2.51. The number of amides is 1. The zero-order valence-corrected chi connectivity index (χ0v) is 25.0. The maximum Gasteiger partial charge on any atom is 0.252 e. The van der Waals surface area contributed by atoms with Crippen LogP contribution in [0.4, 0.5) is 0 Å². The Morgan fingerprint density at radius 2 is 1.48 bits per heavy atom. The van der Waals surface area contributed by atoms with E-state index in [1.165, 1.54) is 14.2 Å². The molecule has 0 fully saturated rings. The van der Waals surface area contributed by atoms with E-state index in [0.29, 0.717) is 31.1 Å². The molecule has 8 heteroatoms. The highest BCUT2D eigenvalue weighted by atomic mass is 16.7. The molecule has 4 aromatic rings. The summed E-state index contributed by atoms with van der Waals surface area (Å²) >= 11 is 0. The van der Waals surface area contributed by atoms with Crippen LogP contribution in [0, 0.1) is 0 Å². The molecule has 44 heavy (non-hydrogen) atoms. The Morgan fingerprint density at radius 1 is 0.864 bits per heavy atom. The molecule has 0 radical (unpaired) electrons. The van der Waals surface area contributed by atoms with Crippen molar-refractivity contribution in [3.05, 3.63) is 126 Å². The molecule has 0 bridgehead atoms. The van der Waals surface area contributed by atoms with Crippen LogP contribution in [-0.2, 0) is 25.4 Å². The average Bonchev–Trinajstić information content (AvgIpc) is 3.46. The number of benzene rings is 4. The number of carbonyl (C=O) groups excluding carboxylic acids is 1. The van der Waals surface area contributed by atoms with Crippen LogP contribution in [0.1, 0.15) is 29.2 Å². The maximum absolute atomic E-state index is 14.3. The molecule has 1 amide bonds. The van der Waals surface area contributed by atoms with Crippen molar-refractivity contribution >= 4 is 11.8 Å². The molecule has 2 N–H and O–H groups in total. The van der Waals surface area contributed by atoms with Gasteiger partial charge in [-0.1, -0.05) is 84.9 Å². The van der Waals surface area contributed by atoms with Gasteiger partial charge in [-0.15, -0.1) is 0 Å². The van der Waals surface area contributed by atoms with E-state index in [4.69, 9.17) is 29.0 Å². The summed E-state index contributed by atoms with van der Waals surface area (Å²) in [4.78, 5) is 19.4. The Balaban J connectivity index is 1.54. The number of hydrogen-bond donors (Lipinski definition) is 2. The van der Waals surface area contributed by atoms with Crippen molar-refractivity contribution in [1.29, 1.82) is 0 Å². The molecule has 0 saturated carbocycles. The lowest BCUT2D eigenvalue weighted by atomic mass is 9.81. The standard InChI is InChI=1S/C36H38N2O6/c1-41-32(42-2)25-37-35(40)36(24-26-10-5-3-6-11-26)33(29-16-14-28(15-17-29)27-12-7-4-8-13-27)44-34(38-36)30-18-20-31(21-19-30)43-23-9-22-39/h3-8,10-21,32-33,39H,9,22-25H2,1-2H3,(H,37,40)/t33-,36-/m1/s1. The number of rotatable bonds is 14. The molecule has 1 aliphatic rings. The Kier molecular flexibility index (Phi) is 10.4. The van der Waals surface area contributed by atoms with Gasteiger partial charge in [0.15, 0.2) is 17.9 Å². The second-order valence-electron chi connectivity index (χ2n) is 10.6. The Morgan fingerprint density at radius 3 is 2.11 bits per heavy atom. The van der Waals surface area contributed by atoms with Gasteiger partial charge >= 0.3 is 0 Å². The van der Waals surface area contributed by atoms with Gasteiger partial charge in [0.05, 0.1) is 13.2 Å². The Labute approximate surface area is 258 Å². The van der Waals surface area contributed by atoms with E-state index >= 15 is 0 Å². The van der Waals surface area contributed by atoms with Gasteiger partial charge in [0.1, 0.15) is 5.75 Å². The van der Waals surface area contributed by atoms with E-state index in [1.54, 1.807) is 0 Å². The zero-order chi connectivity index (χ0) is 30.8. The Hall–Kier alpha value is -4.50. The normalized spacial score (nSPS) is 17.6. The van der Waals surface area contributed by atoms with Crippen molar-refractivity contribution in [2.75, 3.05) is 34.0 Å². The molecular formula is C36H38N2O6. The number of nitrogens with zero attached hydrogens (tertiary/aromatic N) is 1. The molecule has 4 aromatic carbocycles. The highest BCUT2D eigenvalue weighted by Gasteiger charge is 2.53. The smallest absolute Gasteiger partial charge is 0.252 e. The predicted octanol–water partition coefficient (Wildman–Crippen LogP) is 5.35. The third kappa shape index (κ3) is 7.17. The van der Waals surface area contributed by atoms with Crippen LogP contribution in [-0.4, -0.2) is 62.7 Å². The molecule has 0 aliphatic carbocycles. The van der Waals surface area contributed by atoms with E-state index in [2.05, 4.69) is 17.4 Å². The molecule has 1 aliphatic heterocycles. The number of ether oxygens (including phenoxy) is 4. The second kappa shape index (κ2) is 14.8. The van der Waals surface area contributed by atoms with Gasteiger partial charge in [-0.25, -0.2) is 4.99 Å². The summed E-state index contributed by atoms with van der Waals surface area (Å²) < 4.78 is 23.0. The molecule has 228 valence electrons. The van der Waals surface area contributed by atoms with Gasteiger partial charge in [-0.2, -0.15) is 0 Å². The summed E-state index contributed by atoms with van der Waals surface area (Å²) in [5.74, 6) is 0.744. The number of methoxy groups -OCH3 is 2. The van der Waals surface area contributed by atoms with Crippen molar-refractivity contribution in [2.24, 2.45) is 4.99 Å². The maximum atomic E-state index is 14.3. The number of carbonyl (C=O) groups is 1. The van der Waals surface area contributed by atoms with Crippen LogP contribution in [0.3, 0.4) is 0 Å². The molecule has 8 nitrogen and oxygen atoms in total. The first-order valence-corrected chi connectivity index (χ1v) is 14.7. The number of aliphatic imine (C=N–C) groups is 1. The van der Waals surface area contributed by atoms with Crippen LogP contribution in [0.5, 0.6) is 5.75 Å². The summed E-state index contributed by atoms with van der Waals surface area (Å²) in [7, 11) is 3.06. The van der Waals surface area contributed by atoms with E-state index in [-0.39, 0.29) is 19.1 Å². The predicted molar refractivity (Wildman–Crippen MR) is 170 cm³/mol. The first-order valence-electron chi connectivity index (χ1n) is 14.7. The number of nitrogens with one attached hydrogen (secondary N) is 1. The lowest BCUT2D eigenvalue weighted by Gasteiger charge is -2.31. The van der Waals surface area contributed by atoms with Crippen LogP contribution < -0.4 is 10.1 Å². The van der Waals surface area contributed by atoms with Gasteiger partial charge in [0, 0.05) is 39.2 Å². The van der Waals surface area contributed by atoms with Crippen LogP contribution in [0.25, 0.3) is 11.1 Å². The van der Waals surface area contributed by atoms with E-state index in [0.717, 1.165) is 27.8 Å². The third-order valence-electron chi connectivity index (χ3n) is 7.62. The minimum atomic E-state index is -1.33. The molecule has 5 rings (SSSR count). The number of hydrogen-bond acceptors (Lipinski definition) is 7. The van der Waals surface area contributed by atoms with Crippen molar-refractivity contribution in [3.63, 3.8) is 0 Å². The highest BCUT2D eigenvalue weighted by molar-refractivity contribution is 6.01. The fraction of sp³-hybridized carbons (Fsp3) is 0.278. The van der Waals surface area contributed by atoms with Crippen molar-refractivity contribution in [2.45, 2.75) is 30.8 Å². The number of aliphatic hydroxyl groups excluding tert-OH is 1. The molecule has 0 unspecified atom stereocenters. The van der Waals surface area contributed by atoms with Gasteiger partial charge in [-0.05, 0) is 46.5 Å². The van der Waals surface area contributed by atoms with Crippen LogP contribution in [0.2, 0.25) is 0 Å². The van der Waals surface area contributed by atoms with Crippen molar-refractivity contribution in [1.82, 2.24) is 5.32 Å². The zero-order valence-electron chi connectivity index (χ0n) is 25.0. The molecule has 2 atom stereocenters. The van der Waals surface area contributed by atoms with E-state index in [9.17, 15) is 4.79 Å². The van der Waals surface area contributed by atoms with Crippen molar-refractivity contribution in [3.8, 4) is 16.9 Å². The molecular weight excluding hydrogens is 556 g/mol. The molecule has 0 saturated heterocycles. The fourth-order valence-corrected chi connectivity index (χ4v) is 5.26. The summed E-state index contributed by atoms with van der Waals surface area (Å²) in [5, 5.41) is 12.1. The molecule has 1 heterocycles. The minimum Gasteiger partial charge on any atom is -0.494 e. The second-order valence-corrected chi connectivity index (χ2v) is 10.6. The summed E-state index contributed by atoms with van der Waals surface area (Å²) in [6.45, 7) is 0.628. The fourth-order valence-electron chi connectivity index (χ4n) is 5.26. The first-order chi connectivity index (χ1) is 21.6. The Bertz CT molecular complexity index is 1510. The molecule has 0 aromatic heterocycles. The third-order valence-corrected chi connectivity index (χ3v) is 7.62. The summed E-state index contributed by atoms with van der Waals surface area (Å²) in [6, 6.07) is 35.5. The van der Waals surface area contributed by atoms with Gasteiger partial charge in [-0.3, -0.25) is 4.79 Å². The quantitative estimate of drug-likeness (QED) is 0.151. The molecule has 0 spiro atoms. The van der Waals surface area contributed by atoms with Gasteiger partial charge < -0.3 is 29.4 Å². The van der Waals surface area contributed by atoms with E-state index in [1.807, 2.05) is 97.1 Å². The SMILES string of the molecule is COC(CNC(=O)[C@]1(Cc2ccccc2)N=C(c2ccc(OCCCO)cc2)O[C@@H]1c1ccc(-c2ccccc2)cc1)OC. The first kappa shape index (κ1) is 30.9. The lowest BCUT2D eigenvalue weighted by molar-refractivity contribution is -0.134. The van der Waals surface area contributed by atoms with Crippen LogP contribution >= 0.6 is 0 Å². The largest absolute Gasteiger partial charge is 0.494 e. The van der Waals surface area contributed by atoms with Crippen molar-refractivity contribution < 1.29 is 28.8 Å². The monoisotopic (exact) mass is 594 g/mol. The average molecular weight is 595 g/mol. The summed E-state index contributed by atoms with van der Waals surface area (Å²) in [6.07, 6.45) is -0.472. The van der Waals surface area contributed by atoms with Gasteiger partial charge in [0.25, 0.3) is 5.91 Å². The van der Waals surface area contributed by atoms with Gasteiger partial charge in [0.2, 0.25) is 5.90 Å². The summed E-state index contributed by atoms with van der Waals surface area (Å²) in [5.41, 5.74) is 3.33. The van der Waals surface area contributed by atoms with Crippen LogP contribution in [0.15, 0.2) is 114 Å². The highest BCUT2D eigenvalue weighted by Crippen LogP contribution is 2.43. The van der Waals surface area contributed by atoms with E-state index < -0.39 is 17.9 Å². The minimum absolute atomic E-state index is 0.0670. The topological polar surface area (TPSA) is 98.6 Å².